The van der Waals surface area contributed by atoms with Gasteiger partial charge in [0, 0.05) is 11.6 Å². The van der Waals surface area contributed by atoms with E-state index in [1.807, 2.05) is 0 Å². The first-order valence-electron chi connectivity index (χ1n) is 9.59. The van der Waals surface area contributed by atoms with Crippen molar-refractivity contribution in [3.05, 3.63) is 58.7 Å². The van der Waals surface area contributed by atoms with Gasteiger partial charge >= 0.3 is 0 Å². The zero-order chi connectivity index (χ0) is 20.3. The molecule has 1 amide bonds. The number of amides is 1. The van der Waals surface area contributed by atoms with Gasteiger partial charge in [-0.15, -0.1) is 0 Å². The largest absolute Gasteiger partial charge is 0.493 e. The van der Waals surface area contributed by atoms with Gasteiger partial charge in [0.05, 0.1) is 26.3 Å². The molecule has 3 unspecified atom stereocenters. The second-order valence-electron chi connectivity index (χ2n) is 7.21. The van der Waals surface area contributed by atoms with E-state index in [2.05, 4.69) is 55.1 Å². The molecular formula is C22H29N3O3. The van der Waals surface area contributed by atoms with Crippen LogP contribution in [0.4, 0.5) is 0 Å². The molecule has 3 rings (SSSR count). The summed E-state index contributed by atoms with van der Waals surface area (Å²) in [6.45, 7) is 6.30. The Bertz CT molecular complexity index is 853. The summed E-state index contributed by atoms with van der Waals surface area (Å²) in [5.41, 5.74) is 10.9. The lowest BCUT2D eigenvalue weighted by atomic mass is 9.91. The van der Waals surface area contributed by atoms with Gasteiger partial charge in [-0.3, -0.25) is 10.2 Å². The Hall–Kier alpha value is -2.57. The molecule has 1 saturated heterocycles. The highest BCUT2D eigenvalue weighted by Gasteiger charge is 2.37. The third-order valence-electron chi connectivity index (χ3n) is 5.36. The van der Waals surface area contributed by atoms with Gasteiger partial charge < -0.3 is 14.8 Å². The fourth-order valence-corrected chi connectivity index (χ4v) is 3.81. The molecule has 1 aliphatic heterocycles. The second-order valence-corrected chi connectivity index (χ2v) is 7.21. The minimum absolute atomic E-state index is 0.00496. The predicted molar refractivity (Wildman–Crippen MR) is 110 cm³/mol. The van der Waals surface area contributed by atoms with Crippen LogP contribution in [0.2, 0.25) is 0 Å². The molecule has 2 aromatic carbocycles. The molecule has 3 N–H and O–H groups in total. The molecule has 0 spiro atoms. The van der Waals surface area contributed by atoms with Gasteiger partial charge in [0.1, 0.15) is 0 Å². The van der Waals surface area contributed by atoms with E-state index in [9.17, 15) is 4.79 Å². The number of carbonyl (C=O) groups is 1. The predicted octanol–water partition coefficient (Wildman–Crippen LogP) is 3.05. The van der Waals surface area contributed by atoms with Gasteiger partial charge in [0.15, 0.2) is 11.5 Å². The third-order valence-corrected chi connectivity index (χ3v) is 5.36. The topological polar surface area (TPSA) is 71.6 Å². The molecule has 0 saturated carbocycles. The first-order valence-corrected chi connectivity index (χ1v) is 9.59. The molecule has 0 aliphatic carbocycles. The van der Waals surface area contributed by atoms with Crippen LogP contribution in [-0.2, 0) is 0 Å². The Kier molecular flexibility index (Phi) is 6.21. The van der Waals surface area contributed by atoms with Crippen LogP contribution in [0.1, 0.15) is 46.4 Å². The van der Waals surface area contributed by atoms with E-state index in [0.717, 1.165) is 6.42 Å². The highest BCUT2D eigenvalue weighted by molar-refractivity contribution is 5.95. The van der Waals surface area contributed by atoms with Crippen LogP contribution in [0.5, 0.6) is 11.5 Å². The average molecular weight is 383 g/mol. The van der Waals surface area contributed by atoms with Gasteiger partial charge in [0.25, 0.3) is 5.91 Å². The Balaban J connectivity index is 1.85. The Labute approximate surface area is 166 Å². The number of rotatable bonds is 6. The number of hydrogen-bond donors (Lipinski definition) is 3. The lowest BCUT2D eigenvalue weighted by Crippen LogP contribution is -2.45. The molecule has 3 atom stereocenters. The number of hydrazine groups is 1. The van der Waals surface area contributed by atoms with Crippen LogP contribution >= 0.6 is 0 Å². The van der Waals surface area contributed by atoms with Gasteiger partial charge in [-0.1, -0.05) is 30.7 Å². The minimum Gasteiger partial charge on any atom is -0.493 e. The lowest BCUT2D eigenvalue weighted by molar-refractivity contribution is 0.0928. The van der Waals surface area contributed by atoms with Gasteiger partial charge in [-0.2, -0.15) is 0 Å². The van der Waals surface area contributed by atoms with E-state index >= 15 is 0 Å². The van der Waals surface area contributed by atoms with Crippen molar-refractivity contribution in [3.8, 4) is 11.5 Å². The van der Waals surface area contributed by atoms with Gasteiger partial charge in [-0.05, 0) is 49.6 Å². The Morgan fingerprint density at radius 3 is 2.43 bits per heavy atom. The number of benzene rings is 2. The van der Waals surface area contributed by atoms with E-state index in [4.69, 9.17) is 9.47 Å². The molecule has 28 heavy (non-hydrogen) atoms. The van der Waals surface area contributed by atoms with Crippen LogP contribution in [0, 0.1) is 13.8 Å². The summed E-state index contributed by atoms with van der Waals surface area (Å²) >= 11 is 0. The summed E-state index contributed by atoms with van der Waals surface area (Å²) in [6, 6.07) is 11.7. The van der Waals surface area contributed by atoms with Crippen LogP contribution < -0.4 is 25.6 Å². The van der Waals surface area contributed by atoms with Crippen molar-refractivity contribution in [3.63, 3.8) is 0 Å². The van der Waals surface area contributed by atoms with E-state index in [0.29, 0.717) is 17.1 Å². The maximum absolute atomic E-state index is 13.0. The minimum atomic E-state index is -0.135. The fraction of sp³-hybridized carbons (Fsp3) is 0.409. The fourth-order valence-electron chi connectivity index (χ4n) is 3.81. The number of nitrogens with one attached hydrogen (secondary N) is 3. The standard InChI is InChI=1S/C22H29N3O3/c1-6-17-21(20(25-24-17)16-9-7-13(2)11-14(16)3)23-22(26)15-8-10-18(27-4)19(12-15)28-5/h7-12,17,20-21,24-25H,6H2,1-5H3,(H,23,26). The lowest BCUT2D eigenvalue weighted by Gasteiger charge is -2.25. The quantitative estimate of drug-likeness (QED) is 0.715. The molecule has 0 aromatic heterocycles. The Morgan fingerprint density at radius 2 is 1.79 bits per heavy atom. The highest BCUT2D eigenvalue weighted by Crippen LogP contribution is 2.30. The number of methoxy groups -OCH3 is 2. The smallest absolute Gasteiger partial charge is 0.251 e. The maximum Gasteiger partial charge on any atom is 0.251 e. The molecule has 1 aliphatic rings. The Morgan fingerprint density at radius 1 is 1.04 bits per heavy atom. The van der Waals surface area contributed by atoms with Crippen molar-refractivity contribution in [2.24, 2.45) is 0 Å². The highest BCUT2D eigenvalue weighted by atomic mass is 16.5. The van der Waals surface area contributed by atoms with Crippen molar-refractivity contribution in [2.45, 2.75) is 45.3 Å². The molecule has 6 nitrogen and oxygen atoms in total. The molecule has 0 bridgehead atoms. The van der Waals surface area contributed by atoms with E-state index in [1.54, 1.807) is 32.4 Å². The normalized spacial score (nSPS) is 21.4. The van der Waals surface area contributed by atoms with Crippen molar-refractivity contribution in [1.82, 2.24) is 16.2 Å². The zero-order valence-corrected chi connectivity index (χ0v) is 17.1. The number of ether oxygens (including phenoxy) is 2. The van der Waals surface area contributed by atoms with Crippen LogP contribution in [-0.4, -0.2) is 32.2 Å². The SMILES string of the molecule is CCC1NNC(c2ccc(C)cc2C)C1NC(=O)c1ccc(OC)c(OC)c1. The molecule has 6 heteroatoms. The molecule has 1 heterocycles. The average Bonchev–Trinajstić information content (AvgIpc) is 3.09. The summed E-state index contributed by atoms with van der Waals surface area (Å²) < 4.78 is 10.6. The summed E-state index contributed by atoms with van der Waals surface area (Å²) in [7, 11) is 3.14. The monoisotopic (exact) mass is 383 g/mol. The molecule has 150 valence electrons. The van der Waals surface area contributed by atoms with E-state index in [1.165, 1.54) is 16.7 Å². The number of aryl methyl sites for hydroxylation is 2. The van der Waals surface area contributed by atoms with Crippen molar-refractivity contribution < 1.29 is 14.3 Å². The molecule has 1 fully saturated rings. The summed E-state index contributed by atoms with van der Waals surface area (Å²) in [5.74, 6) is 1.00. The summed E-state index contributed by atoms with van der Waals surface area (Å²) in [4.78, 5) is 13.0. The number of hydrogen-bond acceptors (Lipinski definition) is 5. The molecule has 0 radical (unpaired) electrons. The maximum atomic E-state index is 13.0. The van der Waals surface area contributed by atoms with E-state index in [-0.39, 0.29) is 24.0 Å². The van der Waals surface area contributed by atoms with Crippen LogP contribution in [0.3, 0.4) is 0 Å². The van der Waals surface area contributed by atoms with Crippen LogP contribution in [0.15, 0.2) is 36.4 Å². The van der Waals surface area contributed by atoms with E-state index < -0.39 is 0 Å². The third kappa shape index (κ3) is 3.98. The summed E-state index contributed by atoms with van der Waals surface area (Å²) in [5, 5.41) is 3.22. The molecular weight excluding hydrogens is 354 g/mol. The number of carbonyl (C=O) groups excluding carboxylic acids is 1. The van der Waals surface area contributed by atoms with Gasteiger partial charge in [-0.25, -0.2) is 5.43 Å². The van der Waals surface area contributed by atoms with Crippen molar-refractivity contribution in [1.29, 1.82) is 0 Å². The zero-order valence-electron chi connectivity index (χ0n) is 17.1. The van der Waals surface area contributed by atoms with Crippen LogP contribution in [0.25, 0.3) is 0 Å². The van der Waals surface area contributed by atoms with Crippen molar-refractivity contribution >= 4 is 5.91 Å². The first-order chi connectivity index (χ1) is 13.5. The van der Waals surface area contributed by atoms with Gasteiger partial charge in [0.2, 0.25) is 0 Å². The first kappa shape index (κ1) is 20.2. The van der Waals surface area contributed by atoms with Crippen molar-refractivity contribution in [2.75, 3.05) is 14.2 Å². The summed E-state index contributed by atoms with van der Waals surface area (Å²) in [6.07, 6.45) is 0.894. The molecule has 2 aromatic rings. The second kappa shape index (κ2) is 8.63.